The predicted octanol–water partition coefficient (Wildman–Crippen LogP) is 2.46. The van der Waals surface area contributed by atoms with Gasteiger partial charge in [-0.15, -0.1) is 0 Å². The lowest BCUT2D eigenvalue weighted by atomic mass is 10.1. The van der Waals surface area contributed by atoms with Crippen molar-refractivity contribution in [3.05, 3.63) is 23.8 Å². The van der Waals surface area contributed by atoms with Crippen LogP contribution in [-0.4, -0.2) is 21.8 Å². The van der Waals surface area contributed by atoms with Gasteiger partial charge in [-0.3, -0.25) is 9.59 Å². The highest BCUT2D eigenvalue weighted by Crippen LogP contribution is 2.36. The molecule has 0 radical (unpaired) electrons. The number of alkyl halides is 3. The molecule has 1 heterocycles. The van der Waals surface area contributed by atoms with Gasteiger partial charge in [0.05, 0.1) is 5.56 Å². The third-order valence-corrected chi connectivity index (χ3v) is 2.94. The Hall–Kier alpha value is -1.17. The highest BCUT2D eigenvalue weighted by atomic mass is 35.6. The number of fused-ring (bicyclic) bond motifs is 1. The molecule has 1 aromatic rings. The molecule has 0 aromatic heterocycles. The van der Waals surface area contributed by atoms with Crippen LogP contribution >= 0.6 is 34.8 Å². The maximum atomic E-state index is 11.9. The first-order valence-electron chi connectivity index (χ1n) is 5.23. The second-order valence-corrected chi connectivity index (χ2v) is 6.27. The molecule has 1 aliphatic heterocycles. The molecule has 0 saturated carbocycles. The number of ether oxygens (including phenoxy) is 1. The summed E-state index contributed by atoms with van der Waals surface area (Å²) in [6.07, 6.45) is -1.07. The summed E-state index contributed by atoms with van der Waals surface area (Å²) in [6, 6.07) is 4.61. The molecule has 0 spiro atoms. The van der Waals surface area contributed by atoms with Gasteiger partial charge in [0, 0.05) is 12.6 Å². The van der Waals surface area contributed by atoms with Gasteiger partial charge in [0.1, 0.15) is 5.75 Å². The average molecular weight is 324 g/mol. The van der Waals surface area contributed by atoms with Gasteiger partial charge in [0.2, 0.25) is 15.9 Å². The van der Waals surface area contributed by atoms with E-state index in [4.69, 9.17) is 39.5 Å². The molecule has 1 atom stereocenters. The largest absolute Gasteiger partial charge is 0.465 e. The number of amides is 2. The highest BCUT2D eigenvalue weighted by Gasteiger charge is 2.40. The summed E-state index contributed by atoms with van der Waals surface area (Å²) in [4.78, 5) is 22.9. The fraction of sp³-hybridized carbons (Fsp3) is 0.273. The van der Waals surface area contributed by atoms with Gasteiger partial charge in [-0.2, -0.15) is 0 Å². The minimum Gasteiger partial charge on any atom is -0.465 e. The molecule has 5 nitrogen and oxygen atoms in total. The van der Waals surface area contributed by atoms with Crippen LogP contribution in [-0.2, 0) is 4.79 Å². The Morgan fingerprint density at radius 1 is 1.42 bits per heavy atom. The summed E-state index contributed by atoms with van der Waals surface area (Å²) in [5.41, 5.74) is 0.745. The summed E-state index contributed by atoms with van der Waals surface area (Å²) >= 11 is 17.0. The van der Waals surface area contributed by atoms with Crippen LogP contribution in [0.3, 0.4) is 0 Å². The number of hydrogen-bond donors (Lipinski definition) is 2. The van der Waals surface area contributed by atoms with Crippen molar-refractivity contribution in [2.24, 2.45) is 0 Å². The summed E-state index contributed by atoms with van der Waals surface area (Å²) in [7, 11) is 0. The zero-order chi connectivity index (χ0) is 14.2. The van der Waals surface area contributed by atoms with E-state index in [1.165, 1.54) is 19.1 Å². The molecule has 102 valence electrons. The molecule has 1 aliphatic rings. The first kappa shape index (κ1) is 14.2. The van der Waals surface area contributed by atoms with Gasteiger partial charge in [-0.1, -0.05) is 34.8 Å². The lowest BCUT2D eigenvalue weighted by Crippen LogP contribution is -2.50. The van der Waals surface area contributed by atoms with Crippen LogP contribution in [0.25, 0.3) is 0 Å². The molecule has 19 heavy (non-hydrogen) atoms. The minimum atomic E-state index is -1.77. The Kier molecular flexibility index (Phi) is 3.80. The van der Waals surface area contributed by atoms with Crippen molar-refractivity contribution in [3.63, 3.8) is 0 Å². The van der Waals surface area contributed by atoms with Crippen molar-refractivity contribution in [3.8, 4) is 5.75 Å². The molecule has 2 rings (SSSR count). The summed E-state index contributed by atoms with van der Waals surface area (Å²) < 4.78 is 3.61. The lowest BCUT2D eigenvalue weighted by molar-refractivity contribution is -0.114. The zero-order valence-corrected chi connectivity index (χ0v) is 11.9. The summed E-state index contributed by atoms with van der Waals surface area (Å²) in [5, 5.41) is 4.99. The first-order valence-corrected chi connectivity index (χ1v) is 6.36. The Morgan fingerprint density at radius 2 is 2.11 bits per heavy atom. The van der Waals surface area contributed by atoms with E-state index < -0.39 is 15.9 Å². The van der Waals surface area contributed by atoms with Crippen molar-refractivity contribution in [2.45, 2.75) is 16.9 Å². The molecular formula is C11H9Cl3N2O3. The van der Waals surface area contributed by atoms with Crippen LogP contribution in [0.15, 0.2) is 18.2 Å². The normalized spacial score (nSPS) is 18.1. The van der Waals surface area contributed by atoms with E-state index in [1.54, 1.807) is 6.07 Å². The second kappa shape index (κ2) is 5.07. The minimum absolute atomic E-state index is 0.240. The predicted molar refractivity (Wildman–Crippen MR) is 72.9 cm³/mol. The Labute approximate surface area is 124 Å². The molecule has 8 heteroatoms. The van der Waals surface area contributed by atoms with Crippen molar-refractivity contribution >= 4 is 52.3 Å². The van der Waals surface area contributed by atoms with Crippen molar-refractivity contribution in [1.82, 2.24) is 5.32 Å². The Balaban J connectivity index is 2.31. The van der Waals surface area contributed by atoms with Gasteiger partial charge in [0.15, 0.2) is 0 Å². The van der Waals surface area contributed by atoms with Crippen LogP contribution in [0.1, 0.15) is 17.3 Å². The van der Waals surface area contributed by atoms with E-state index >= 15 is 0 Å². The average Bonchev–Trinajstić information content (AvgIpc) is 2.27. The van der Waals surface area contributed by atoms with Gasteiger partial charge < -0.3 is 15.4 Å². The van der Waals surface area contributed by atoms with Gasteiger partial charge in [0.25, 0.3) is 5.91 Å². The number of benzene rings is 1. The van der Waals surface area contributed by atoms with E-state index in [0.717, 1.165) is 0 Å². The zero-order valence-electron chi connectivity index (χ0n) is 9.67. The molecule has 0 fully saturated rings. The van der Waals surface area contributed by atoms with Crippen LogP contribution in [0.5, 0.6) is 5.75 Å². The second-order valence-electron chi connectivity index (χ2n) is 3.91. The van der Waals surface area contributed by atoms with Crippen molar-refractivity contribution in [2.75, 3.05) is 5.32 Å². The number of carbonyl (C=O) groups excluding carboxylic acids is 2. The van der Waals surface area contributed by atoms with E-state index in [1.807, 2.05) is 0 Å². The third-order valence-electron chi connectivity index (χ3n) is 2.35. The van der Waals surface area contributed by atoms with Crippen molar-refractivity contribution in [1.29, 1.82) is 0 Å². The van der Waals surface area contributed by atoms with E-state index in [0.29, 0.717) is 5.69 Å². The smallest absolute Gasteiger partial charge is 0.258 e. The van der Waals surface area contributed by atoms with Crippen LogP contribution in [0.4, 0.5) is 5.69 Å². The van der Waals surface area contributed by atoms with Crippen LogP contribution in [0.2, 0.25) is 0 Å². The first-order chi connectivity index (χ1) is 8.77. The van der Waals surface area contributed by atoms with Crippen molar-refractivity contribution < 1.29 is 14.3 Å². The quantitative estimate of drug-likeness (QED) is 0.780. The molecule has 2 amide bonds. The van der Waals surface area contributed by atoms with E-state index in [-0.39, 0.29) is 17.2 Å². The fourth-order valence-corrected chi connectivity index (χ4v) is 1.89. The standard InChI is InChI=1S/C11H9Cl3N2O3/c1-5(17)15-6-2-3-8-7(4-6)9(18)16-10(19-8)11(12,13)14/h2-4,10H,1H3,(H,15,17)(H,16,18). The Morgan fingerprint density at radius 3 is 2.68 bits per heavy atom. The number of nitrogens with one attached hydrogen (secondary N) is 2. The number of carbonyl (C=O) groups is 2. The Bertz CT molecular complexity index is 542. The molecular weight excluding hydrogens is 314 g/mol. The van der Waals surface area contributed by atoms with Gasteiger partial charge >= 0.3 is 0 Å². The highest BCUT2D eigenvalue weighted by molar-refractivity contribution is 6.68. The fourth-order valence-electron chi connectivity index (χ4n) is 1.59. The van der Waals surface area contributed by atoms with E-state index in [2.05, 4.69) is 10.6 Å². The lowest BCUT2D eigenvalue weighted by Gasteiger charge is -2.31. The summed E-state index contributed by atoms with van der Waals surface area (Å²) in [5.74, 6) is -0.393. The SMILES string of the molecule is CC(=O)Nc1ccc2c(c1)C(=O)NC(C(Cl)(Cl)Cl)O2. The summed E-state index contributed by atoms with van der Waals surface area (Å²) in [6.45, 7) is 1.37. The van der Waals surface area contributed by atoms with Gasteiger partial charge in [-0.05, 0) is 18.2 Å². The number of hydrogen-bond acceptors (Lipinski definition) is 3. The maximum absolute atomic E-state index is 11.9. The third kappa shape index (κ3) is 3.23. The van der Waals surface area contributed by atoms with E-state index in [9.17, 15) is 9.59 Å². The molecule has 0 bridgehead atoms. The van der Waals surface area contributed by atoms with Crippen LogP contribution < -0.4 is 15.4 Å². The number of rotatable bonds is 1. The maximum Gasteiger partial charge on any atom is 0.258 e. The molecule has 0 aliphatic carbocycles. The molecule has 0 saturated heterocycles. The van der Waals surface area contributed by atoms with Gasteiger partial charge in [-0.25, -0.2) is 0 Å². The van der Waals surface area contributed by atoms with Crippen LogP contribution in [0, 0.1) is 0 Å². The molecule has 1 unspecified atom stereocenters. The topological polar surface area (TPSA) is 67.4 Å². The monoisotopic (exact) mass is 322 g/mol. The number of anilines is 1. The molecule has 2 N–H and O–H groups in total. The number of halogens is 3. The molecule has 1 aromatic carbocycles.